The number of nitrogens with one attached hydrogen (secondary N) is 1. The summed E-state index contributed by atoms with van der Waals surface area (Å²) in [5.74, 6) is 5.44. The van der Waals surface area contributed by atoms with Gasteiger partial charge in [0.2, 0.25) is 0 Å². The minimum Gasteiger partial charge on any atom is -0.323 e. The van der Waals surface area contributed by atoms with Crippen molar-refractivity contribution in [3.63, 3.8) is 0 Å². The van der Waals surface area contributed by atoms with Crippen molar-refractivity contribution < 1.29 is 8.42 Å². The summed E-state index contributed by atoms with van der Waals surface area (Å²) in [4.78, 5) is 0.198. The lowest BCUT2D eigenvalue weighted by atomic mass is 10.0. The molecule has 2 aromatic rings. The van der Waals surface area contributed by atoms with Gasteiger partial charge in [-0.1, -0.05) is 30.3 Å². The average Bonchev–Trinajstić information content (AvgIpc) is 2.54. The Bertz CT molecular complexity index is 759. The van der Waals surface area contributed by atoms with Crippen molar-refractivity contribution in [3.05, 3.63) is 54.1 Å². The van der Waals surface area contributed by atoms with Crippen LogP contribution in [0.1, 0.15) is 12.0 Å². The number of aryl methyl sites for hydroxylation is 1. The quantitative estimate of drug-likeness (QED) is 0.672. The summed E-state index contributed by atoms with van der Waals surface area (Å²) in [7, 11) is -3.63. The molecule has 5 nitrogen and oxygen atoms in total. The summed E-state index contributed by atoms with van der Waals surface area (Å²) < 4.78 is 27.4. The van der Waals surface area contributed by atoms with Crippen LogP contribution >= 0.6 is 0 Å². The molecule has 0 spiro atoms. The van der Waals surface area contributed by atoms with Crippen molar-refractivity contribution in [1.29, 1.82) is 0 Å². The van der Waals surface area contributed by atoms with E-state index in [0.29, 0.717) is 12.2 Å². The van der Waals surface area contributed by atoms with Crippen LogP contribution in [0.25, 0.3) is 0 Å². The summed E-state index contributed by atoms with van der Waals surface area (Å²) in [6.45, 7) is 0.484. The zero-order valence-electron chi connectivity index (χ0n) is 11.5. The number of sulfonamides is 1. The number of rotatable bonds is 3. The minimum absolute atomic E-state index is 0.198. The van der Waals surface area contributed by atoms with Gasteiger partial charge in [0.15, 0.2) is 0 Å². The van der Waals surface area contributed by atoms with E-state index in [0.717, 1.165) is 24.1 Å². The molecule has 0 atom stereocenters. The second-order valence-corrected chi connectivity index (χ2v) is 6.78. The Morgan fingerprint density at radius 3 is 2.57 bits per heavy atom. The smallest absolute Gasteiger partial charge is 0.266 e. The molecule has 0 saturated carbocycles. The Morgan fingerprint density at radius 2 is 1.76 bits per heavy atom. The van der Waals surface area contributed by atoms with Gasteiger partial charge < -0.3 is 5.43 Å². The van der Waals surface area contributed by atoms with Gasteiger partial charge in [0.05, 0.1) is 11.4 Å². The first-order valence-corrected chi connectivity index (χ1v) is 8.25. The number of hydrogen-bond acceptors (Lipinski definition) is 4. The van der Waals surface area contributed by atoms with E-state index in [1.807, 2.05) is 24.3 Å². The van der Waals surface area contributed by atoms with Gasteiger partial charge in [0, 0.05) is 6.54 Å². The highest BCUT2D eigenvalue weighted by molar-refractivity contribution is 7.93. The van der Waals surface area contributed by atoms with E-state index < -0.39 is 10.0 Å². The summed E-state index contributed by atoms with van der Waals surface area (Å²) in [5.41, 5.74) is 4.68. The van der Waals surface area contributed by atoms with E-state index >= 15 is 0 Å². The molecule has 0 fully saturated rings. The molecular weight excluding hydrogens is 286 g/mol. The number of hydrazine groups is 1. The van der Waals surface area contributed by atoms with Gasteiger partial charge in [-0.2, -0.15) is 0 Å². The maximum Gasteiger partial charge on any atom is 0.266 e. The standard InChI is InChI=1S/C15H17N3O2S/c16-17-13-8-2-4-10-15(13)21(19,20)18-11-5-7-12-6-1-3-9-14(12)18/h1-4,6,8-10,17H,5,7,11,16H2. The van der Waals surface area contributed by atoms with E-state index in [9.17, 15) is 8.42 Å². The average molecular weight is 303 g/mol. The van der Waals surface area contributed by atoms with Crippen molar-refractivity contribution in [1.82, 2.24) is 0 Å². The van der Waals surface area contributed by atoms with Crippen molar-refractivity contribution in [3.8, 4) is 0 Å². The second kappa shape index (κ2) is 5.38. The highest BCUT2D eigenvalue weighted by Crippen LogP contribution is 2.33. The van der Waals surface area contributed by atoms with Gasteiger partial charge in [-0.25, -0.2) is 8.42 Å². The first kappa shape index (κ1) is 13.9. The third-order valence-corrected chi connectivity index (χ3v) is 5.55. The normalized spacial score (nSPS) is 14.6. The molecule has 1 heterocycles. The molecule has 2 aromatic carbocycles. The van der Waals surface area contributed by atoms with Crippen molar-refractivity contribution in [2.24, 2.45) is 5.84 Å². The first-order chi connectivity index (χ1) is 10.1. The molecule has 0 radical (unpaired) electrons. The molecule has 1 aliphatic rings. The van der Waals surface area contributed by atoms with Crippen molar-refractivity contribution in [2.75, 3.05) is 16.3 Å². The van der Waals surface area contributed by atoms with Gasteiger partial charge >= 0.3 is 0 Å². The van der Waals surface area contributed by atoms with Gasteiger partial charge in [0.1, 0.15) is 4.90 Å². The molecule has 1 aliphatic heterocycles. The number of benzene rings is 2. The van der Waals surface area contributed by atoms with Gasteiger partial charge in [0.25, 0.3) is 10.0 Å². The molecule has 3 N–H and O–H groups in total. The molecule has 110 valence electrons. The van der Waals surface area contributed by atoms with Crippen LogP contribution in [0.3, 0.4) is 0 Å². The fraction of sp³-hybridized carbons (Fsp3) is 0.200. The van der Waals surface area contributed by atoms with Gasteiger partial charge in [-0.3, -0.25) is 10.1 Å². The molecule has 0 bridgehead atoms. The van der Waals surface area contributed by atoms with Crippen LogP contribution in [0, 0.1) is 0 Å². The molecule has 0 unspecified atom stereocenters. The lowest BCUT2D eigenvalue weighted by Crippen LogP contribution is -2.36. The van der Waals surface area contributed by atoms with Crippen molar-refractivity contribution >= 4 is 21.4 Å². The summed E-state index contributed by atoms with van der Waals surface area (Å²) in [6.07, 6.45) is 1.72. The number of hydrogen-bond donors (Lipinski definition) is 2. The number of para-hydroxylation sites is 2. The Balaban J connectivity index is 2.12. The second-order valence-electron chi connectivity index (χ2n) is 4.95. The van der Waals surface area contributed by atoms with E-state index in [2.05, 4.69) is 5.43 Å². The molecule has 6 heteroatoms. The van der Waals surface area contributed by atoms with Gasteiger partial charge in [-0.05, 0) is 36.6 Å². The summed E-state index contributed by atoms with van der Waals surface area (Å²) in [6, 6.07) is 14.3. The summed E-state index contributed by atoms with van der Waals surface area (Å²) >= 11 is 0. The van der Waals surface area contributed by atoms with E-state index in [1.54, 1.807) is 24.3 Å². The first-order valence-electron chi connectivity index (χ1n) is 6.81. The molecule has 0 amide bonds. The van der Waals surface area contributed by atoms with Crippen LogP contribution in [0.5, 0.6) is 0 Å². The number of nitrogens with two attached hydrogens (primary N) is 1. The molecule has 21 heavy (non-hydrogen) atoms. The molecule has 0 saturated heterocycles. The zero-order chi connectivity index (χ0) is 14.9. The fourth-order valence-electron chi connectivity index (χ4n) is 2.68. The van der Waals surface area contributed by atoms with E-state index in [4.69, 9.17) is 5.84 Å². The number of fused-ring (bicyclic) bond motifs is 1. The Morgan fingerprint density at radius 1 is 1.05 bits per heavy atom. The molecule has 0 aromatic heterocycles. The van der Waals surface area contributed by atoms with Crippen LogP contribution in [-0.2, 0) is 16.4 Å². The van der Waals surface area contributed by atoms with Crippen LogP contribution in [0.2, 0.25) is 0 Å². The van der Waals surface area contributed by atoms with Crippen LogP contribution in [-0.4, -0.2) is 15.0 Å². The van der Waals surface area contributed by atoms with Crippen LogP contribution in [0.4, 0.5) is 11.4 Å². The number of anilines is 2. The predicted octanol–water partition coefficient (Wildman–Crippen LogP) is 2.11. The highest BCUT2D eigenvalue weighted by Gasteiger charge is 2.30. The SMILES string of the molecule is NNc1ccccc1S(=O)(=O)N1CCCc2ccccc21. The third kappa shape index (κ3) is 2.36. The summed E-state index contributed by atoms with van der Waals surface area (Å²) in [5, 5.41) is 0. The molecule has 3 rings (SSSR count). The monoisotopic (exact) mass is 303 g/mol. The number of nitrogens with zero attached hydrogens (tertiary/aromatic N) is 1. The molecule has 0 aliphatic carbocycles. The van der Waals surface area contributed by atoms with Crippen LogP contribution in [0.15, 0.2) is 53.4 Å². The minimum atomic E-state index is -3.63. The Kier molecular flexibility index (Phi) is 3.57. The zero-order valence-corrected chi connectivity index (χ0v) is 12.3. The van der Waals surface area contributed by atoms with E-state index in [1.165, 1.54) is 4.31 Å². The maximum absolute atomic E-state index is 13.0. The lowest BCUT2D eigenvalue weighted by molar-refractivity contribution is 0.587. The maximum atomic E-state index is 13.0. The van der Waals surface area contributed by atoms with Gasteiger partial charge in [-0.15, -0.1) is 0 Å². The fourth-order valence-corrected chi connectivity index (χ4v) is 4.38. The van der Waals surface area contributed by atoms with Crippen LogP contribution < -0.4 is 15.6 Å². The van der Waals surface area contributed by atoms with E-state index in [-0.39, 0.29) is 4.90 Å². The Hall–Kier alpha value is -2.05. The largest absolute Gasteiger partial charge is 0.323 e. The van der Waals surface area contributed by atoms with Crippen molar-refractivity contribution in [2.45, 2.75) is 17.7 Å². The third-order valence-electron chi connectivity index (χ3n) is 3.68. The topological polar surface area (TPSA) is 75.4 Å². The lowest BCUT2D eigenvalue weighted by Gasteiger charge is -2.30. The highest BCUT2D eigenvalue weighted by atomic mass is 32.2. The predicted molar refractivity (Wildman–Crippen MR) is 83.5 cm³/mol. The number of nitrogen functional groups attached to an aromatic ring is 1. The Labute approximate surface area is 124 Å². The molecular formula is C15H17N3O2S.